The van der Waals surface area contributed by atoms with E-state index in [9.17, 15) is 14.4 Å². The summed E-state index contributed by atoms with van der Waals surface area (Å²) >= 11 is 0. The zero-order valence-electron chi connectivity index (χ0n) is 16.8. The second-order valence-corrected chi connectivity index (χ2v) is 7.81. The molecule has 150 valence electrons. The van der Waals surface area contributed by atoms with Crippen molar-refractivity contribution >= 4 is 33.6 Å². The van der Waals surface area contributed by atoms with Gasteiger partial charge >= 0.3 is 0 Å². The monoisotopic (exact) mass is 391 g/mol. The number of carbonyl (C=O) groups excluding carboxylic acids is 2. The Kier molecular flexibility index (Phi) is 5.09. The van der Waals surface area contributed by atoms with Gasteiger partial charge in [0.15, 0.2) is 5.43 Å². The Morgan fingerprint density at radius 2 is 1.31 bits per heavy atom. The van der Waals surface area contributed by atoms with E-state index in [1.807, 2.05) is 64.6 Å². The summed E-state index contributed by atoms with van der Waals surface area (Å²) < 4.78 is 1.93. The third-order valence-corrected chi connectivity index (χ3v) is 5.61. The fourth-order valence-electron chi connectivity index (χ4n) is 4.02. The van der Waals surface area contributed by atoms with Crippen LogP contribution in [0.5, 0.6) is 0 Å². The Hall–Kier alpha value is -3.15. The number of rotatable bonds is 3. The van der Waals surface area contributed by atoms with Crippen LogP contribution in [-0.2, 0) is 16.1 Å². The maximum Gasteiger partial charge on any atom is 0.242 e. The van der Waals surface area contributed by atoms with E-state index in [0.717, 1.165) is 11.0 Å². The van der Waals surface area contributed by atoms with E-state index in [-0.39, 0.29) is 29.7 Å². The number of hydrogen-bond acceptors (Lipinski definition) is 3. The van der Waals surface area contributed by atoms with Crippen LogP contribution in [0.15, 0.2) is 53.3 Å². The van der Waals surface area contributed by atoms with Crippen molar-refractivity contribution in [2.45, 2.75) is 20.4 Å². The molecule has 1 aliphatic rings. The Morgan fingerprint density at radius 3 is 1.83 bits per heavy atom. The van der Waals surface area contributed by atoms with Crippen LogP contribution in [0.25, 0.3) is 21.8 Å². The van der Waals surface area contributed by atoms with Gasteiger partial charge in [-0.1, -0.05) is 38.1 Å². The lowest BCUT2D eigenvalue weighted by Gasteiger charge is -2.36. The van der Waals surface area contributed by atoms with Crippen LogP contribution in [0.4, 0.5) is 0 Å². The van der Waals surface area contributed by atoms with Gasteiger partial charge in [0, 0.05) is 42.9 Å². The second-order valence-electron chi connectivity index (χ2n) is 7.81. The molecular weight excluding hydrogens is 366 g/mol. The summed E-state index contributed by atoms with van der Waals surface area (Å²) in [5.74, 6) is 0.103. The Labute approximate surface area is 169 Å². The topological polar surface area (TPSA) is 62.6 Å². The van der Waals surface area contributed by atoms with Crippen molar-refractivity contribution in [1.82, 2.24) is 14.4 Å². The normalized spacial score (nSPS) is 14.7. The molecule has 0 atom stereocenters. The highest BCUT2D eigenvalue weighted by Gasteiger charge is 2.26. The molecule has 2 heterocycles. The van der Waals surface area contributed by atoms with Gasteiger partial charge in [0.05, 0.1) is 11.0 Å². The molecule has 3 aromatic rings. The number of hydrogen-bond donors (Lipinski definition) is 0. The maximum absolute atomic E-state index is 13.1. The molecule has 1 aromatic heterocycles. The highest BCUT2D eigenvalue weighted by molar-refractivity contribution is 5.94. The van der Waals surface area contributed by atoms with Gasteiger partial charge in [-0.05, 0) is 24.3 Å². The zero-order chi connectivity index (χ0) is 20.5. The average molecular weight is 391 g/mol. The van der Waals surface area contributed by atoms with Gasteiger partial charge in [-0.15, -0.1) is 0 Å². The van der Waals surface area contributed by atoms with Crippen molar-refractivity contribution in [3.63, 3.8) is 0 Å². The van der Waals surface area contributed by atoms with Gasteiger partial charge in [0.1, 0.15) is 6.54 Å². The molecule has 0 unspecified atom stereocenters. The molecule has 1 aliphatic heterocycles. The van der Waals surface area contributed by atoms with Crippen LogP contribution in [0.1, 0.15) is 13.8 Å². The summed E-state index contributed by atoms with van der Waals surface area (Å²) in [6.45, 7) is 6.15. The van der Waals surface area contributed by atoms with Crippen LogP contribution in [0.2, 0.25) is 0 Å². The standard InChI is InChI=1S/C23H25N3O3/c1-16(2)23(29)25-13-11-24(12-14-25)21(27)15-26-19-9-5-3-7-17(19)22(28)18-8-4-6-10-20(18)26/h3-10,16H,11-15H2,1-2H3. The number of nitrogens with zero attached hydrogens (tertiary/aromatic N) is 3. The largest absolute Gasteiger partial charge is 0.339 e. The van der Waals surface area contributed by atoms with Crippen molar-refractivity contribution in [2.24, 2.45) is 5.92 Å². The number of para-hydroxylation sites is 2. The number of pyridine rings is 1. The molecule has 1 fully saturated rings. The van der Waals surface area contributed by atoms with E-state index in [4.69, 9.17) is 0 Å². The van der Waals surface area contributed by atoms with Crippen LogP contribution in [0.3, 0.4) is 0 Å². The number of fused-ring (bicyclic) bond motifs is 2. The number of amides is 2. The first-order chi connectivity index (χ1) is 14.0. The fraction of sp³-hybridized carbons (Fsp3) is 0.348. The smallest absolute Gasteiger partial charge is 0.242 e. The molecule has 0 spiro atoms. The molecule has 0 N–H and O–H groups in total. The van der Waals surface area contributed by atoms with Gasteiger partial charge in [0.2, 0.25) is 11.8 Å². The molecule has 2 amide bonds. The first-order valence-electron chi connectivity index (χ1n) is 10.0. The summed E-state index contributed by atoms with van der Waals surface area (Å²) in [4.78, 5) is 41.7. The third-order valence-electron chi connectivity index (χ3n) is 5.61. The minimum absolute atomic E-state index is 0.000557. The summed E-state index contributed by atoms with van der Waals surface area (Å²) in [5.41, 5.74) is 1.51. The molecule has 0 aliphatic carbocycles. The quantitative estimate of drug-likeness (QED) is 0.645. The van der Waals surface area contributed by atoms with Crippen molar-refractivity contribution < 1.29 is 9.59 Å². The van der Waals surface area contributed by atoms with Crippen LogP contribution in [-0.4, -0.2) is 52.4 Å². The Bertz CT molecular complexity index is 1080. The summed E-state index contributed by atoms with van der Waals surface area (Å²) in [6.07, 6.45) is 0. The lowest BCUT2D eigenvalue weighted by molar-refractivity contribution is -0.141. The fourth-order valence-corrected chi connectivity index (χ4v) is 4.02. The molecule has 0 bridgehead atoms. The molecule has 29 heavy (non-hydrogen) atoms. The Balaban J connectivity index is 1.63. The predicted octanol–water partition coefficient (Wildman–Crippen LogP) is 2.48. The molecule has 1 saturated heterocycles. The summed E-state index contributed by atoms with van der Waals surface area (Å²) in [6, 6.07) is 14.8. The average Bonchev–Trinajstić information content (AvgIpc) is 2.76. The second kappa shape index (κ2) is 7.70. The van der Waals surface area contributed by atoms with E-state index in [1.54, 1.807) is 12.1 Å². The van der Waals surface area contributed by atoms with Crippen molar-refractivity contribution in [2.75, 3.05) is 26.2 Å². The number of aromatic nitrogens is 1. The molecule has 6 heteroatoms. The van der Waals surface area contributed by atoms with Gasteiger partial charge in [-0.2, -0.15) is 0 Å². The minimum atomic E-state index is -0.0314. The highest BCUT2D eigenvalue weighted by atomic mass is 16.2. The highest BCUT2D eigenvalue weighted by Crippen LogP contribution is 2.19. The number of piperazine rings is 1. The van der Waals surface area contributed by atoms with E-state index in [1.165, 1.54) is 0 Å². The lowest BCUT2D eigenvalue weighted by atomic mass is 10.1. The molecule has 2 aromatic carbocycles. The van der Waals surface area contributed by atoms with E-state index in [0.29, 0.717) is 37.0 Å². The van der Waals surface area contributed by atoms with E-state index < -0.39 is 0 Å². The summed E-state index contributed by atoms with van der Waals surface area (Å²) in [7, 11) is 0. The lowest BCUT2D eigenvalue weighted by Crippen LogP contribution is -2.52. The maximum atomic E-state index is 13.1. The molecular formula is C23H25N3O3. The van der Waals surface area contributed by atoms with Crippen molar-refractivity contribution in [3.8, 4) is 0 Å². The SMILES string of the molecule is CC(C)C(=O)N1CCN(C(=O)Cn2c3ccccc3c(=O)c3ccccc32)CC1. The first-order valence-corrected chi connectivity index (χ1v) is 10.0. The minimum Gasteiger partial charge on any atom is -0.339 e. The van der Waals surface area contributed by atoms with Crippen molar-refractivity contribution in [1.29, 1.82) is 0 Å². The molecule has 0 radical (unpaired) electrons. The Morgan fingerprint density at radius 1 is 0.828 bits per heavy atom. The molecule has 0 saturated carbocycles. The third kappa shape index (κ3) is 3.50. The van der Waals surface area contributed by atoms with Crippen LogP contribution >= 0.6 is 0 Å². The van der Waals surface area contributed by atoms with Gasteiger partial charge in [0.25, 0.3) is 0 Å². The summed E-state index contributed by atoms with van der Waals surface area (Å²) in [5, 5.41) is 1.23. The van der Waals surface area contributed by atoms with E-state index >= 15 is 0 Å². The van der Waals surface area contributed by atoms with E-state index in [2.05, 4.69) is 0 Å². The first kappa shape index (κ1) is 19.2. The van der Waals surface area contributed by atoms with Gasteiger partial charge in [-0.3, -0.25) is 14.4 Å². The number of carbonyl (C=O) groups is 2. The van der Waals surface area contributed by atoms with Gasteiger partial charge in [-0.25, -0.2) is 0 Å². The predicted molar refractivity (Wildman–Crippen MR) is 114 cm³/mol. The zero-order valence-corrected chi connectivity index (χ0v) is 16.8. The number of benzene rings is 2. The van der Waals surface area contributed by atoms with Crippen LogP contribution < -0.4 is 5.43 Å². The van der Waals surface area contributed by atoms with Gasteiger partial charge < -0.3 is 14.4 Å². The molecule has 4 rings (SSSR count). The van der Waals surface area contributed by atoms with Crippen molar-refractivity contribution in [3.05, 3.63) is 58.8 Å². The van der Waals surface area contributed by atoms with Crippen LogP contribution in [0, 0.1) is 5.92 Å². The molecule has 6 nitrogen and oxygen atoms in total.